The lowest BCUT2D eigenvalue weighted by Crippen LogP contribution is -2.65. The summed E-state index contributed by atoms with van der Waals surface area (Å²) in [5.74, 6) is 2.32. The second-order valence-electron chi connectivity index (χ2n) is 7.01. The second-order valence-corrected chi connectivity index (χ2v) is 8.12. The molecule has 7 heteroatoms. The van der Waals surface area contributed by atoms with Crippen LogP contribution < -0.4 is 9.47 Å². The Bertz CT molecular complexity index is 904. The predicted octanol–water partition coefficient (Wildman–Crippen LogP) is 3.15. The molecule has 4 rings (SSSR count). The van der Waals surface area contributed by atoms with Crippen molar-refractivity contribution in [1.29, 1.82) is 0 Å². The second kappa shape index (κ2) is 7.48. The molecule has 3 aliphatic rings. The first-order valence-electron chi connectivity index (χ1n) is 9.07. The molecule has 0 radical (unpaired) electrons. The molecule has 0 aromatic heterocycles. The number of carbonyl (C=O) groups excluding carboxylic acids is 2. The standard InChI is InChI=1S/C21H21NO5S/c1-12(2)26-19-20(24)22-17(9-23)15(11-28-21(19)22)10-25-16-7-6-14-5-4-13(3)27-18(14)8-16/h4-9,12,19,21H,3,10-11H2,1-2H3/t19-,21+/m0/s1. The van der Waals surface area contributed by atoms with Crippen molar-refractivity contribution in [1.82, 2.24) is 4.90 Å². The summed E-state index contributed by atoms with van der Waals surface area (Å²) in [4.78, 5) is 25.6. The zero-order chi connectivity index (χ0) is 19.8. The van der Waals surface area contributed by atoms with E-state index in [9.17, 15) is 9.59 Å². The Hall–Kier alpha value is -2.51. The summed E-state index contributed by atoms with van der Waals surface area (Å²) in [5, 5.41) is -0.145. The van der Waals surface area contributed by atoms with Gasteiger partial charge in [-0.3, -0.25) is 14.5 Å². The molecule has 2 atom stereocenters. The smallest absolute Gasteiger partial charge is 0.260 e. The van der Waals surface area contributed by atoms with Crippen molar-refractivity contribution < 1.29 is 23.8 Å². The number of fused-ring (bicyclic) bond motifs is 2. The van der Waals surface area contributed by atoms with E-state index in [1.165, 1.54) is 4.90 Å². The monoisotopic (exact) mass is 399 g/mol. The van der Waals surface area contributed by atoms with Crippen molar-refractivity contribution in [3.05, 3.63) is 53.4 Å². The van der Waals surface area contributed by atoms with Gasteiger partial charge in [0.25, 0.3) is 5.91 Å². The van der Waals surface area contributed by atoms with Crippen LogP contribution in [-0.2, 0) is 14.3 Å². The number of carbonyl (C=O) groups is 2. The van der Waals surface area contributed by atoms with Crippen LogP contribution in [-0.4, -0.2) is 47.0 Å². The van der Waals surface area contributed by atoms with Gasteiger partial charge in [-0.25, -0.2) is 0 Å². The van der Waals surface area contributed by atoms with Crippen molar-refractivity contribution >= 4 is 30.0 Å². The summed E-state index contributed by atoms with van der Waals surface area (Å²) in [7, 11) is 0. The Morgan fingerprint density at radius 2 is 2.21 bits per heavy atom. The minimum Gasteiger partial charge on any atom is -0.489 e. The van der Waals surface area contributed by atoms with Gasteiger partial charge in [-0.2, -0.15) is 0 Å². The van der Waals surface area contributed by atoms with E-state index in [-0.39, 0.29) is 24.0 Å². The normalized spacial score (nSPS) is 23.2. The lowest BCUT2D eigenvalue weighted by molar-refractivity contribution is -0.166. The molecule has 146 valence electrons. The molecule has 28 heavy (non-hydrogen) atoms. The summed E-state index contributed by atoms with van der Waals surface area (Å²) in [6, 6.07) is 5.55. The molecule has 1 saturated heterocycles. The third-order valence-corrected chi connectivity index (χ3v) is 5.98. The van der Waals surface area contributed by atoms with Gasteiger partial charge in [-0.1, -0.05) is 6.58 Å². The molecule has 1 aromatic rings. The number of β-lactam (4-membered cyclic amide) rings is 1. The maximum atomic E-state index is 12.4. The van der Waals surface area contributed by atoms with Crippen molar-refractivity contribution in [2.75, 3.05) is 12.4 Å². The van der Waals surface area contributed by atoms with Crippen LogP contribution in [0.4, 0.5) is 0 Å². The van der Waals surface area contributed by atoms with Crippen molar-refractivity contribution in [2.24, 2.45) is 0 Å². The molecule has 0 unspecified atom stereocenters. The van der Waals surface area contributed by atoms with Crippen LogP contribution in [0.1, 0.15) is 19.4 Å². The number of benzene rings is 1. The zero-order valence-corrected chi connectivity index (χ0v) is 16.5. The minimum absolute atomic E-state index is 0.0396. The average molecular weight is 399 g/mol. The van der Waals surface area contributed by atoms with Gasteiger partial charge in [0.05, 0.1) is 11.8 Å². The average Bonchev–Trinajstić information content (AvgIpc) is 2.69. The van der Waals surface area contributed by atoms with Crippen molar-refractivity contribution in [3.8, 4) is 11.5 Å². The van der Waals surface area contributed by atoms with Gasteiger partial charge in [0.2, 0.25) is 0 Å². The highest BCUT2D eigenvalue weighted by Crippen LogP contribution is 2.41. The molecule has 0 spiro atoms. The first-order valence-corrected chi connectivity index (χ1v) is 10.1. The molecule has 1 fully saturated rings. The molecule has 0 bridgehead atoms. The minimum atomic E-state index is -0.485. The molecular weight excluding hydrogens is 378 g/mol. The third kappa shape index (κ3) is 3.36. The van der Waals surface area contributed by atoms with Crippen LogP contribution in [0.5, 0.6) is 11.5 Å². The first kappa shape index (κ1) is 18.8. The highest BCUT2D eigenvalue weighted by Gasteiger charge is 2.53. The van der Waals surface area contributed by atoms with E-state index < -0.39 is 6.10 Å². The van der Waals surface area contributed by atoms with E-state index in [4.69, 9.17) is 14.2 Å². The molecule has 0 aliphatic carbocycles. The molecular formula is C21H21NO5S. The molecule has 0 N–H and O–H groups in total. The number of hydrogen-bond acceptors (Lipinski definition) is 6. The summed E-state index contributed by atoms with van der Waals surface area (Å²) in [5.41, 5.74) is 2.13. The van der Waals surface area contributed by atoms with E-state index in [1.54, 1.807) is 23.9 Å². The Morgan fingerprint density at radius 3 is 2.96 bits per heavy atom. The maximum absolute atomic E-state index is 12.4. The SMILES string of the molecule is C=C1C=Cc2ccc(OCC3=C(C=O)N4C(=O)[C@H](OC(C)C)[C@H]4SC3)cc2O1. The topological polar surface area (TPSA) is 65.1 Å². The summed E-state index contributed by atoms with van der Waals surface area (Å²) in [6.45, 7) is 7.81. The largest absolute Gasteiger partial charge is 0.489 e. The highest BCUT2D eigenvalue weighted by atomic mass is 32.2. The van der Waals surface area contributed by atoms with Crippen LogP contribution in [0.3, 0.4) is 0 Å². The summed E-state index contributed by atoms with van der Waals surface area (Å²) in [6.07, 6.45) is 3.95. The first-order chi connectivity index (χ1) is 13.5. The number of hydrogen-bond donors (Lipinski definition) is 0. The molecule has 3 aliphatic heterocycles. The lowest BCUT2D eigenvalue weighted by atomic mass is 10.1. The number of aldehydes is 1. The van der Waals surface area contributed by atoms with Crippen LogP contribution in [0.25, 0.3) is 6.08 Å². The molecule has 3 heterocycles. The molecule has 0 saturated carbocycles. The highest BCUT2D eigenvalue weighted by molar-refractivity contribution is 8.00. The number of allylic oxidation sites excluding steroid dienone is 2. The molecule has 6 nitrogen and oxygen atoms in total. The van der Waals surface area contributed by atoms with Gasteiger partial charge >= 0.3 is 0 Å². The van der Waals surface area contributed by atoms with Gasteiger partial charge in [-0.15, -0.1) is 11.8 Å². The van der Waals surface area contributed by atoms with Crippen LogP contribution >= 0.6 is 11.8 Å². The Balaban J connectivity index is 1.47. The van der Waals surface area contributed by atoms with Crippen molar-refractivity contribution in [3.63, 3.8) is 0 Å². The van der Waals surface area contributed by atoms with E-state index in [0.717, 1.165) is 17.4 Å². The molecule has 1 amide bonds. The Morgan fingerprint density at radius 1 is 1.39 bits per heavy atom. The number of nitrogens with zero attached hydrogens (tertiary/aromatic N) is 1. The van der Waals surface area contributed by atoms with Gasteiger partial charge in [0, 0.05) is 23.0 Å². The quantitative estimate of drug-likeness (QED) is 0.541. The van der Waals surface area contributed by atoms with Crippen LogP contribution in [0, 0.1) is 0 Å². The summed E-state index contributed by atoms with van der Waals surface area (Å²) < 4.78 is 17.2. The van der Waals surface area contributed by atoms with Crippen molar-refractivity contribution in [2.45, 2.75) is 31.4 Å². The van der Waals surface area contributed by atoms with E-state index in [2.05, 4.69) is 6.58 Å². The number of thioether (sulfide) groups is 1. The van der Waals surface area contributed by atoms with Crippen LogP contribution in [0.15, 0.2) is 47.9 Å². The fourth-order valence-electron chi connectivity index (χ4n) is 3.32. The van der Waals surface area contributed by atoms with Crippen LogP contribution in [0.2, 0.25) is 0 Å². The van der Waals surface area contributed by atoms with Gasteiger partial charge < -0.3 is 14.2 Å². The fraction of sp³-hybridized carbons (Fsp3) is 0.333. The lowest BCUT2D eigenvalue weighted by Gasteiger charge is -2.49. The van der Waals surface area contributed by atoms with E-state index >= 15 is 0 Å². The Kier molecular flexibility index (Phi) is 5.03. The van der Waals surface area contributed by atoms with E-state index in [1.807, 2.05) is 32.1 Å². The predicted molar refractivity (Wildman–Crippen MR) is 107 cm³/mol. The number of rotatable bonds is 6. The van der Waals surface area contributed by atoms with Gasteiger partial charge in [-0.05, 0) is 38.1 Å². The third-order valence-electron chi connectivity index (χ3n) is 4.66. The fourth-order valence-corrected chi connectivity index (χ4v) is 4.64. The van der Waals surface area contributed by atoms with E-state index in [0.29, 0.717) is 28.7 Å². The summed E-state index contributed by atoms with van der Waals surface area (Å²) >= 11 is 1.59. The maximum Gasteiger partial charge on any atom is 0.260 e. The van der Waals surface area contributed by atoms with Gasteiger partial charge in [0.15, 0.2) is 12.4 Å². The number of ether oxygens (including phenoxy) is 3. The number of amides is 1. The Labute approximate surface area is 167 Å². The molecule has 1 aromatic carbocycles. The van der Waals surface area contributed by atoms with Gasteiger partial charge in [0.1, 0.15) is 29.2 Å². The zero-order valence-electron chi connectivity index (χ0n) is 15.7.